The number of hydrogen-bond acceptors (Lipinski definition) is 3. The first-order chi connectivity index (χ1) is 11.6. The van der Waals surface area contributed by atoms with Gasteiger partial charge in [-0.1, -0.05) is 24.1 Å². The summed E-state index contributed by atoms with van der Waals surface area (Å²) in [4.78, 5) is 14.8. The van der Waals surface area contributed by atoms with Crippen LogP contribution in [0, 0.1) is 24.7 Å². The third-order valence-electron chi connectivity index (χ3n) is 5.66. The number of halogens is 1. The molecule has 24 heavy (non-hydrogen) atoms. The Bertz CT molecular complexity index is 592. The number of amides is 1. The minimum absolute atomic E-state index is 0.127. The molecule has 0 aromatic heterocycles. The van der Waals surface area contributed by atoms with Gasteiger partial charge in [-0.15, -0.1) is 0 Å². The fraction of sp³-hybridized carbons (Fsp3) is 0.632. The zero-order chi connectivity index (χ0) is 17.1. The summed E-state index contributed by atoms with van der Waals surface area (Å²) in [5, 5.41) is 3.96. The highest BCUT2D eigenvalue weighted by Gasteiger charge is 2.32. The normalized spacial score (nSPS) is 26.8. The van der Waals surface area contributed by atoms with Crippen molar-refractivity contribution >= 4 is 23.2 Å². The van der Waals surface area contributed by atoms with Gasteiger partial charge in [0.1, 0.15) is 0 Å². The molecule has 5 heteroatoms. The first kappa shape index (κ1) is 17.6. The molecule has 1 aromatic rings. The van der Waals surface area contributed by atoms with Gasteiger partial charge in [-0.2, -0.15) is 0 Å². The zero-order valence-electron chi connectivity index (χ0n) is 14.4. The van der Waals surface area contributed by atoms with Crippen LogP contribution in [0.5, 0.6) is 0 Å². The summed E-state index contributed by atoms with van der Waals surface area (Å²) in [5.74, 6) is 1.22. The first-order valence-electron chi connectivity index (χ1n) is 9.07. The lowest BCUT2D eigenvalue weighted by Crippen LogP contribution is -2.38. The van der Waals surface area contributed by atoms with Gasteiger partial charge < -0.3 is 16.0 Å². The first-order valence-corrected chi connectivity index (χ1v) is 9.45. The van der Waals surface area contributed by atoms with Crippen molar-refractivity contribution in [1.29, 1.82) is 0 Å². The van der Waals surface area contributed by atoms with E-state index in [1.54, 1.807) is 0 Å². The molecule has 0 radical (unpaired) electrons. The van der Waals surface area contributed by atoms with Gasteiger partial charge in [-0.05, 0) is 62.3 Å². The third kappa shape index (κ3) is 3.86. The monoisotopic (exact) mass is 349 g/mol. The zero-order valence-corrected chi connectivity index (χ0v) is 15.2. The van der Waals surface area contributed by atoms with Crippen LogP contribution >= 0.6 is 11.6 Å². The van der Waals surface area contributed by atoms with Crippen molar-refractivity contribution in [2.24, 2.45) is 23.5 Å². The Kier molecular flexibility index (Phi) is 5.67. The summed E-state index contributed by atoms with van der Waals surface area (Å²) in [5.41, 5.74) is 8.26. The summed E-state index contributed by atoms with van der Waals surface area (Å²) >= 11 is 6.14. The molecule has 3 N–H and O–H groups in total. The van der Waals surface area contributed by atoms with E-state index in [1.807, 2.05) is 12.1 Å². The Morgan fingerprint density at radius 2 is 2.21 bits per heavy atom. The molecular formula is C19H28ClN3O. The van der Waals surface area contributed by atoms with Gasteiger partial charge in [0, 0.05) is 36.3 Å². The summed E-state index contributed by atoms with van der Waals surface area (Å²) < 4.78 is 0. The molecule has 1 heterocycles. The number of nitrogens with two attached hydrogens (primary N) is 1. The van der Waals surface area contributed by atoms with Gasteiger partial charge in [0.05, 0.1) is 0 Å². The molecule has 1 unspecified atom stereocenters. The predicted molar refractivity (Wildman–Crippen MR) is 99.4 cm³/mol. The Morgan fingerprint density at radius 3 is 3.00 bits per heavy atom. The molecule has 0 bridgehead atoms. The van der Waals surface area contributed by atoms with Gasteiger partial charge in [0.15, 0.2) is 0 Å². The molecule has 1 aromatic carbocycles. The van der Waals surface area contributed by atoms with Crippen LogP contribution < -0.4 is 16.0 Å². The number of carbonyl (C=O) groups excluding carboxylic acids is 1. The van der Waals surface area contributed by atoms with Crippen LogP contribution in [0.4, 0.5) is 5.69 Å². The van der Waals surface area contributed by atoms with Crippen molar-refractivity contribution in [2.75, 3.05) is 31.1 Å². The number of carbonyl (C=O) groups is 1. The Balaban J connectivity index is 1.51. The van der Waals surface area contributed by atoms with Crippen LogP contribution in [-0.4, -0.2) is 32.1 Å². The molecule has 1 aliphatic carbocycles. The highest BCUT2D eigenvalue weighted by molar-refractivity contribution is 6.30. The van der Waals surface area contributed by atoms with Gasteiger partial charge in [-0.25, -0.2) is 0 Å². The Hall–Kier alpha value is -1.26. The number of nitrogens with zero attached hydrogens (tertiary/aromatic N) is 1. The van der Waals surface area contributed by atoms with Crippen LogP contribution in [0.1, 0.15) is 31.2 Å². The molecule has 2 aliphatic rings. The van der Waals surface area contributed by atoms with Crippen molar-refractivity contribution in [1.82, 2.24) is 5.32 Å². The molecule has 0 spiro atoms. The molecule has 2 fully saturated rings. The van der Waals surface area contributed by atoms with Gasteiger partial charge in [0.25, 0.3) is 0 Å². The molecule has 1 amide bonds. The highest BCUT2D eigenvalue weighted by atomic mass is 35.5. The topological polar surface area (TPSA) is 58.4 Å². The van der Waals surface area contributed by atoms with Crippen molar-refractivity contribution in [2.45, 2.75) is 32.6 Å². The van der Waals surface area contributed by atoms with Crippen LogP contribution in [-0.2, 0) is 4.79 Å². The molecule has 3 rings (SSSR count). The number of nitrogens with one attached hydrogen (secondary N) is 1. The molecule has 1 saturated heterocycles. The molecule has 1 aliphatic heterocycles. The molecule has 3 atom stereocenters. The van der Waals surface area contributed by atoms with Gasteiger partial charge in [0.2, 0.25) is 5.91 Å². The summed E-state index contributed by atoms with van der Waals surface area (Å²) in [6.45, 7) is 5.52. The summed E-state index contributed by atoms with van der Waals surface area (Å²) in [6.07, 6.45) is 4.33. The van der Waals surface area contributed by atoms with Crippen LogP contribution in [0.15, 0.2) is 18.2 Å². The van der Waals surface area contributed by atoms with Crippen molar-refractivity contribution in [3.8, 4) is 0 Å². The lowest BCUT2D eigenvalue weighted by molar-refractivity contribution is -0.126. The Morgan fingerprint density at radius 1 is 1.38 bits per heavy atom. The minimum Gasteiger partial charge on any atom is -0.371 e. The number of benzene rings is 1. The molecule has 1 saturated carbocycles. The standard InChI is InChI=1S/C19H28ClN3O/c1-13-5-6-16(20)9-18(13)23-8-7-14(12-23)11-22-19(24)17-4-2-3-15(17)10-21/h5-6,9,14-15,17H,2-4,7-8,10-12,21H2,1H3,(H,22,24)/t14?,15-,17-/m1/s1. The lowest BCUT2D eigenvalue weighted by Gasteiger charge is -2.22. The maximum Gasteiger partial charge on any atom is 0.223 e. The van der Waals surface area contributed by atoms with E-state index in [4.69, 9.17) is 17.3 Å². The maximum absolute atomic E-state index is 12.4. The average molecular weight is 350 g/mol. The number of hydrogen-bond donors (Lipinski definition) is 2. The van der Waals surface area contributed by atoms with Gasteiger partial charge >= 0.3 is 0 Å². The number of rotatable bonds is 5. The van der Waals surface area contributed by atoms with Crippen molar-refractivity contribution in [3.05, 3.63) is 28.8 Å². The minimum atomic E-state index is 0.127. The Labute approximate surface area is 149 Å². The SMILES string of the molecule is Cc1ccc(Cl)cc1N1CCC(CNC(=O)[C@@H]2CCC[C@@H]2CN)C1. The van der Waals surface area contributed by atoms with E-state index in [-0.39, 0.29) is 11.8 Å². The number of aryl methyl sites for hydroxylation is 1. The van der Waals surface area contributed by atoms with E-state index >= 15 is 0 Å². The van der Waals surface area contributed by atoms with Crippen molar-refractivity contribution in [3.63, 3.8) is 0 Å². The average Bonchev–Trinajstić information content (AvgIpc) is 3.23. The second-order valence-electron chi connectivity index (χ2n) is 7.31. The van der Waals surface area contributed by atoms with E-state index < -0.39 is 0 Å². The van der Waals surface area contributed by atoms with E-state index in [0.717, 1.165) is 50.3 Å². The van der Waals surface area contributed by atoms with E-state index in [9.17, 15) is 4.79 Å². The predicted octanol–water partition coefficient (Wildman–Crippen LogP) is 2.97. The quantitative estimate of drug-likeness (QED) is 0.859. The fourth-order valence-corrected chi connectivity index (χ4v) is 4.35. The second-order valence-corrected chi connectivity index (χ2v) is 7.75. The van der Waals surface area contributed by atoms with E-state index in [0.29, 0.717) is 18.4 Å². The molecule has 132 valence electrons. The van der Waals surface area contributed by atoms with Crippen LogP contribution in [0.2, 0.25) is 5.02 Å². The fourth-order valence-electron chi connectivity index (χ4n) is 4.18. The lowest BCUT2D eigenvalue weighted by atomic mass is 9.95. The second kappa shape index (κ2) is 7.75. The summed E-state index contributed by atoms with van der Waals surface area (Å²) in [6, 6.07) is 6.05. The van der Waals surface area contributed by atoms with E-state index in [2.05, 4.69) is 23.2 Å². The highest BCUT2D eigenvalue weighted by Crippen LogP contribution is 2.32. The number of anilines is 1. The van der Waals surface area contributed by atoms with Gasteiger partial charge in [-0.3, -0.25) is 4.79 Å². The van der Waals surface area contributed by atoms with Crippen molar-refractivity contribution < 1.29 is 4.79 Å². The molecule has 4 nitrogen and oxygen atoms in total. The third-order valence-corrected chi connectivity index (χ3v) is 5.90. The maximum atomic E-state index is 12.4. The van der Waals surface area contributed by atoms with E-state index in [1.165, 1.54) is 11.3 Å². The summed E-state index contributed by atoms with van der Waals surface area (Å²) in [7, 11) is 0. The van der Waals surface area contributed by atoms with Crippen LogP contribution in [0.3, 0.4) is 0 Å². The van der Waals surface area contributed by atoms with Crippen LogP contribution in [0.25, 0.3) is 0 Å². The largest absolute Gasteiger partial charge is 0.371 e. The molecular weight excluding hydrogens is 322 g/mol. The smallest absolute Gasteiger partial charge is 0.223 e.